The summed E-state index contributed by atoms with van der Waals surface area (Å²) >= 11 is 7.95. The summed E-state index contributed by atoms with van der Waals surface area (Å²) < 4.78 is 10.4. The molecule has 0 radical (unpaired) electrons. The first-order valence-corrected chi connectivity index (χ1v) is 7.94. The normalized spacial score (nSPS) is 11.8. The smallest absolute Gasteiger partial charge is 0.242 e. The van der Waals surface area contributed by atoms with Crippen LogP contribution in [0.15, 0.2) is 18.2 Å². The fourth-order valence-electron chi connectivity index (χ4n) is 1.64. The number of amides is 1. The Morgan fingerprint density at radius 2 is 2.05 bits per heavy atom. The molecule has 1 atom stereocenters. The molecule has 20 heavy (non-hydrogen) atoms. The Kier molecular flexibility index (Phi) is 7.62. The summed E-state index contributed by atoms with van der Waals surface area (Å²) in [7, 11) is 3.11. The Balaban J connectivity index is 2.66. The van der Waals surface area contributed by atoms with Crippen molar-refractivity contribution in [1.82, 2.24) is 5.32 Å². The molecule has 0 spiro atoms. The van der Waals surface area contributed by atoms with Gasteiger partial charge in [-0.15, -0.1) is 11.6 Å². The van der Waals surface area contributed by atoms with E-state index in [0.717, 1.165) is 11.5 Å². The van der Waals surface area contributed by atoms with Gasteiger partial charge in [-0.2, -0.15) is 11.8 Å². The third-order valence-electron chi connectivity index (χ3n) is 2.68. The van der Waals surface area contributed by atoms with Crippen molar-refractivity contribution in [2.45, 2.75) is 12.3 Å². The molecule has 1 unspecified atom stereocenters. The largest absolute Gasteiger partial charge is 0.493 e. The molecule has 1 N–H and O–H groups in total. The number of ether oxygens (including phenoxy) is 2. The first kappa shape index (κ1) is 17.0. The Morgan fingerprint density at radius 3 is 2.65 bits per heavy atom. The number of hydrogen-bond acceptors (Lipinski definition) is 4. The quantitative estimate of drug-likeness (QED) is 0.591. The number of carbonyl (C=O) groups excluding carboxylic acids is 1. The number of methoxy groups -OCH3 is 2. The van der Waals surface area contributed by atoms with E-state index in [2.05, 4.69) is 12.2 Å². The third kappa shape index (κ3) is 4.80. The number of halogens is 1. The van der Waals surface area contributed by atoms with Gasteiger partial charge in [0.05, 0.1) is 14.2 Å². The van der Waals surface area contributed by atoms with Gasteiger partial charge in [0.15, 0.2) is 11.5 Å². The number of rotatable bonds is 8. The SMILES string of the molecule is CCSCCNC(=O)C(Cl)c1ccc(OC)c(OC)c1. The zero-order chi connectivity index (χ0) is 15.0. The van der Waals surface area contributed by atoms with Crippen molar-refractivity contribution in [3.05, 3.63) is 23.8 Å². The number of benzene rings is 1. The molecule has 0 heterocycles. The van der Waals surface area contributed by atoms with Crippen LogP contribution in [0.25, 0.3) is 0 Å². The van der Waals surface area contributed by atoms with E-state index in [0.29, 0.717) is 23.6 Å². The first-order valence-electron chi connectivity index (χ1n) is 6.35. The van der Waals surface area contributed by atoms with Gasteiger partial charge in [0, 0.05) is 12.3 Å². The minimum Gasteiger partial charge on any atom is -0.493 e. The number of nitrogens with one attached hydrogen (secondary N) is 1. The van der Waals surface area contributed by atoms with Crippen LogP contribution in [-0.4, -0.2) is 38.2 Å². The molecule has 0 saturated heterocycles. The lowest BCUT2D eigenvalue weighted by Crippen LogP contribution is -2.29. The molecule has 0 bridgehead atoms. The predicted molar refractivity (Wildman–Crippen MR) is 84.1 cm³/mol. The van der Waals surface area contributed by atoms with Crippen LogP contribution in [0.5, 0.6) is 11.5 Å². The van der Waals surface area contributed by atoms with E-state index in [1.54, 1.807) is 44.2 Å². The molecule has 1 aromatic carbocycles. The van der Waals surface area contributed by atoms with E-state index in [4.69, 9.17) is 21.1 Å². The molecule has 112 valence electrons. The highest BCUT2D eigenvalue weighted by molar-refractivity contribution is 7.99. The second kappa shape index (κ2) is 8.97. The Bertz CT molecular complexity index is 442. The van der Waals surface area contributed by atoms with E-state index < -0.39 is 5.38 Å². The van der Waals surface area contributed by atoms with E-state index in [-0.39, 0.29) is 5.91 Å². The van der Waals surface area contributed by atoms with Crippen molar-refractivity contribution < 1.29 is 14.3 Å². The lowest BCUT2D eigenvalue weighted by atomic mass is 10.1. The molecule has 0 saturated carbocycles. The molecule has 0 aliphatic carbocycles. The van der Waals surface area contributed by atoms with Gasteiger partial charge in [-0.25, -0.2) is 0 Å². The van der Waals surface area contributed by atoms with Gasteiger partial charge < -0.3 is 14.8 Å². The Morgan fingerprint density at radius 1 is 1.35 bits per heavy atom. The van der Waals surface area contributed by atoms with Crippen molar-refractivity contribution in [2.75, 3.05) is 32.3 Å². The fraction of sp³-hybridized carbons (Fsp3) is 0.500. The molecule has 0 fully saturated rings. The van der Waals surface area contributed by atoms with Crippen LogP contribution in [0.2, 0.25) is 0 Å². The number of thioether (sulfide) groups is 1. The average molecular weight is 318 g/mol. The van der Waals surface area contributed by atoms with Gasteiger partial charge >= 0.3 is 0 Å². The predicted octanol–water partition coefficient (Wildman–Crippen LogP) is 2.85. The van der Waals surface area contributed by atoms with Crippen LogP contribution < -0.4 is 14.8 Å². The lowest BCUT2D eigenvalue weighted by Gasteiger charge is -2.13. The maximum atomic E-state index is 11.9. The topological polar surface area (TPSA) is 47.6 Å². The average Bonchev–Trinajstić information content (AvgIpc) is 2.49. The van der Waals surface area contributed by atoms with E-state index in [9.17, 15) is 4.79 Å². The molecule has 1 aromatic rings. The maximum Gasteiger partial charge on any atom is 0.242 e. The maximum absolute atomic E-state index is 11.9. The zero-order valence-corrected chi connectivity index (χ0v) is 13.5. The Labute approximate surface area is 129 Å². The number of alkyl halides is 1. The first-order chi connectivity index (χ1) is 9.63. The van der Waals surface area contributed by atoms with Gasteiger partial charge in [0.25, 0.3) is 0 Å². The van der Waals surface area contributed by atoms with Crippen LogP contribution in [0.1, 0.15) is 17.9 Å². The van der Waals surface area contributed by atoms with Gasteiger partial charge in [-0.1, -0.05) is 13.0 Å². The second-order valence-corrected chi connectivity index (χ2v) is 5.80. The summed E-state index contributed by atoms with van der Waals surface area (Å²) in [5, 5.41) is 2.08. The van der Waals surface area contributed by atoms with Crippen LogP contribution in [-0.2, 0) is 4.79 Å². The van der Waals surface area contributed by atoms with E-state index >= 15 is 0 Å². The standard InChI is InChI=1S/C14H20ClNO3S/c1-4-20-8-7-16-14(17)13(15)10-5-6-11(18-2)12(9-10)19-3/h5-6,9,13H,4,7-8H2,1-3H3,(H,16,17). The highest BCUT2D eigenvalue weighted by atomic mass is 35.5. The minimum absolute atomic E-state index is 0.199. The van der Waals surface area contributed by atoms with Crippen LogP contribution in [0.3, 0.4) is 0 Å². The van der Waals surface area contributed by atoms with Crippen molar-refractivity contribution in [3.8, 4) is 11.5 Å². The molecule has 0 aromatic heterocycles. The third-order valence-corrected chi connectivity index (χ3v) is 4.03. The second-order valence-electron chi connectivity index (χ2n) is 3.96. The molecule has 0 aliphatic rings. The lowest BCUT2D eigenvalue weighted by molar-refractivity contribution is -0.120. The molecule has 1 rings (SSSR count). The van der Waals surface area contributed by atoms with Crippen molar-refractivity contribution in [1.29, 1.82) is 0 Å². The molecular formula is C14H20ClNO3S. The van der Waals surface area contributed by atoms with Crippen molar-refractivity contribution in [3.63, 3.8) is 0 Å². The van der Waals surface area contributed by atoms with Crippen LogP contribution >= 0.6 is 23.4 Å². The highest BCUT2D eigenvalue weighted by Gasteiger charge is 2.19. The minimum atomic E-state index is -0.735. The molecule has 6 heteroatoms. The molecule has 0 aliphatic heterocycles. The summed E-state index contributed by atoms with van der Waals surface area (Å²) in [6.45, 7) is 2.70. The monoisotopic (exact) mass is 317 g/mol. The number of carbonyl (C=O) groups is 1. The Hall–Kier alpha value is -1.07. The summed E-state index contributed by atoms with van der Waals surface area (Å²) in [6.07, 6.45) is 0. The summed E-state index contributed by atoms with van der Waals surface area (Å²) in [4.78, 5) is 11.9. The fourth-order valence-corrected chi connectivity index (χ4v) is 2.39. The van der Waals surface area contributed by atoms with Gasteiger partial charge in [0.1, 0.15) is 5.38 Å². The van der Waals surface area contributed by atoms with Crippen molar-refractivity contribution in [2.24, 2.45) is 0 Å². The van der Waals surface area contributed by atoms with Gasteiger partial charge in [-0.3, -0.25) is 4.79 Å². The van der Waals surface area contributed by atoms with E-state index in [1.165, 1.54) is 0 Å². The molecular weight excluding hydrogens is 298 g/mol. The van der Waals surface area contributed by atoms with Crippen LogP contribution in [0.4, 0.5) is 0 Å². The zero-order valence-electron chi connectivity index (χ0n) is 11.9. The summed E-state index contributed by atoms with van der Waals surface area (Å²) in [5.41, 5.74) is 0.685. The summed E-state index contributed by atoms with van der Waals surface area (Å²) in [6, 6.07) is 5.22. The van der Waals surface area contributed by atoms with E-state index in [1.807, 2.05) is 0 Å². The van der Waals surface area contributed by atoms with Crippen molar-refractivity contribution >= 4 is 29.3 Å². The highest BCUT2D eigenvalue weighted by Crippen LogP contribution is 2.32. The van der Waals surface area contributed by atoms with Gasteiger partial charge in [-0.05, 0) is 23.4 Å². The molecule has 1 amide bonds. The number of hydrogen-bond donors (Lipinski definition) is 1. The van der Waals surface area contributed by atoms with Crippen LogP contribution in [0, 0.1) is 0 Å². The molecule has 4 nitrogen and oxygen atoms in total. The van der Waals surface area contributed by atoms with Gasteiger partial charge in [0.2, 0.25) is 5.91 Å². The summed E-state index contributed by atoms with van der Waals surface area (Å²) in [5.74, 6) is 2.90.